The standard InChI is InChI=1S/C8H4Br3NO3/c9-3-1-4(10)6(5(11)2-3)12-7(13)8(14)15/h1-2H,(H,12,13)(H,14,15). The SMILES string of the molecule is O=C(O)C(=O)Nc1c(Br)cc(Br)cc1Br. The van der Waals surface area contributed by atoms with Gasteiger partial charge in [0.1, 0.15) is 0 Å². The highest BCUT2D eigenvalue weighted by Crippen LogP contribution is 2.34. The fraction of sp³-hybridized carbons (Fsp3) is 0. The first kappa shape index (κ1) is 12.7. The van der Waals surface area contributed by atoms with E-state index in [0.717, 1.165) is 4.47 Å². The molecule has 15 heavy (non-hydrogen) atoms. The molecule has 0 aliphatic carbocycles. The number of nitrogens with one attached hydrogen (secondary N) is 1. The third-order valence-electron chi connectivity index (χ3n) is 1.44. The molecule has 0 aromatic heterocycles. The molecule has 0 radical (unpaired) electrons. The van der Waals surface area contributed by atoms with Crippen LogP contribution in [0.2, 0.25) is 0 Å². The third-order valence-corrected chi connectivity index (χ3v) is 3.15. The van der Waals surface area contributed by atoms with E-state index >= 15 is 0 Å². The van der Waals surface area contributed by atoms with Gasteiger partial charge >= 0.3 is 11.9 Å². The second-order valence-electron chi connectivity index (χ2n) is 2.50. The molecule has 80 valence electrons. The van der Waals surface area contributed by atoms with Gasteiger partial charge in [0.05, 0.1) is 5.69 Å². The molecule has 1 amide bonds. The average Bonchev–Trinajstić information content (AvgIpc) is 2.10. The molecule has 1 rings (SSSR count). The van der Waals surface area contributed by atoms with E-state index in [1.807, 2.05) is 0 Å². The number of hydrogen-bond acceptors (Lipinski definition) is 2. The Hall–Kier alpha value is -0.400. The zero-order chi connectivity index (χ0) is 11.6. The van der Waals surface area contributed by atoms with Crippen LogP contribution in [0.5, 0.6) is 0 Å². The Morgan fingerprint density at radius 1 is 1.13 bits per heavy atom. The van der Waals surface area contributed by atoms with Gasteiger partial charge in [-0.3, -0.25) is 4.79 Å². The molecule has 2 N–H and O–H groups in total. The van der Waals surface area contributed by atoms with Crippen molar-refractivity contribution < 1.29 is 14.7 Å². The first-order valence-electron chi connectivity index (χ1n) is 3.60. The lowest BCUT2D eigenvalue weighted by Gasteiger charge is -2.08. The van der Waals surface area contributed by atoms with Crippen molar-refractivity contribution in [3.63, 3.8) is 0 Å². The van der Waals surface area contributed by atoms with Crippen molar-refractivity contribution in [2.75, 3.05) is 5.32 Å². The van der Waals surface area contributed by atoms with Crippen molar-refractivity contribution in [1.82, 2.24) is 0 Å². The van der Waals surface area contributed by atoms with E-state index < -0.39 is 11.9 Å². The number of rotatable bonds is 1. The van der Waals surface area contributed by atoms with Gasteiger partial charge in [-0.25, -0.2) is 4.79 Å². The smallest absolute Gasteiger partial charge is 0.394 e. The average molecular weight is 402 g/mol. The predicted molar refractivity (Wildman–Crippen MR) is 65.8 cm³/mol. The Morgan fingerprint density at radius 2 is 1.60 bits per heavy atom. The molecular formula is C8H4Br3NO3. The largest absolute Gasteiger partial charge is 0.474 e. The maximum atomic E-state index is 10.9. The zero-order valence-corrected chi connectivity index (χ0v) is 11.8. The highest BCUT2D eigenvalue weighted by Gasteiger charge is 2.15. The molecule has 0 aliphatic heterocycles. The van der Waals surface area contributed by atoms with Gasteiger partial charge < -0.3 is 10.4 Å². The number of halogens is 3. The molecule has 0 heterocycles. The number of carbonyl (C=O) groups excluding carboxylic acids is 1. The second kappa shape index (κ2) is 5.09. The summed E-state index contributed by atoms with van der Waals surface area (Å²) in [6, 6.07) is 3.39. The van der Waals surface area contributed by atoms with E-state index in [0.29, 0.717) is 14.6 Å². The van der Waals surface area contributed by atoms with Crippen LogP contribution in [0.1, 0.15) is 0 Å². The summed E-state index contributed by atoms with van der Waals surface area (Å²) in [5.41, 5.74) is 0.380. The van der Waals surface area contributed by atoms with Gasteiger partial charge in [0.25, 0.3) is 0 Å². The van der Waals surface area contributed by atoms with Crippen LogP contribution in [-0.2, 0) is 9.59 Å². The van der Waals surface area contributed by atoms with E-state index in [1.165, 1.54) is 0 Å². The maximum absolute atomic E-state index is 10.9. The highest BCUT2D eigenvalue weighted by molar-refractivity contribution is 9.11. The van der Waals surface area contributed by atoms with Crippen LogP contribution in [0.3, 0.4) is 0 Å². The molecule has 0 atom stereocenters. The lowest BCUT2D eigenvalue weighted by atomic mass is 10.3. The summed E-state index contributed by atoms with van der Waals surface area (Å²) in [7, 11) is 0. The number of amides is 1. The fourth-order valence-electron chi connectivity index (χ4n) is 0.829. The quantitative estimate of drug-likeness (QED) is 0.711. The van der Waals surface area contributed by atoms with E-state index in [4.69, 9.17) is 5.11 Å². The lowest BCUT2D eigenvalue weighted by Crippen LogP contribution is -2.22. The van der Waals surface area contributed by atoms with E-state index in [2.05, 4.69) is 53.1 Å². The molecule has 0 saturated heterocycles. The minimum Gasteiger partial charge on any atom is -0.474 e. The lowest BCUT2D eigenvalue weighted by molar-refractivity contribution is -0.147. The molecular weight excluding hydrogens is 398 g/mol. The van der Waals surface area contributed by atoms with Gasteiger partial charge in [-0.1, -0.05) is 15.9 Å². The van der Waals surface area contributed by atoms with E-state index in [-0.39, 0.29) is 0 Å². The highest BCUT2D eigenvalue weighted by atomic mass is 79.9. The van der Waals surface area contributed by atoms with Crippen molar-refractivity contribution in [2.24, 2.45) is 0 Å². The summed E-state index contributed by atoms with van der Waals surface area (Å²) in [6.07, 6.45) is 0. The van der Waals surface area contributed by atoms with Crippen LogP contribution in [0.25, 0.3) is 0 Å². The number of benzene rings is 1. The first-order chi connectivity index (χ1) is 6.91. The van der Waals surface area contributed by atoms with Crippen LogP contribution in [0, 0.1) is 0 Å². The van der Waals surface area contributed by atoms with Crippen LogP contribution in [-0.4, -0.2) is 17.0 Å². The minimum absolute atomic E-state index is 0.380. The number of carboxylic acid groups (broad SMARTS) is 1. The summed E-state index contributed by atoms with van der Waals surface area (Å²) in [5, 5.41) is 10.7. The number of carbonyl (C=O) groups is 2. The molecule has 1 aromatic carbocycles. The van der Waals surface area contributed by atoms with Gasteiger partial charge in [-0.2, -0.15) is 0 Å². The number of carboxylic acids is 1. The normalized spacial score (nSPS) is 9.80. The Balaban J connectivity index is 3.05. The molecule has 0 spiro atoms. The monoisotopic (exact) mass is 399 g/mol. The second-order valence-corrected chi connectivity index (χ2v) is 5.13. The van der Waals surface area contributed by atoms with Crippen LogP contribution in [0.15, 0.2) is 25.6 Å². The van der Waals surface area contributed by atoms with Crippen molar-refractivity contribution in [2.45, 2.75) is 0 Å². The van der Waals surface area contributed by atoms with Crippen molar-refractivity contribution >= 4 is 65.4 Å². The van der Waals surface area contributed by atoms with Gasteiger partial charge in [0, 0.05) is 13.4 Å². The van der Waals surface area contributed by atoms with Crippen LogP contribution < -0.4 is 5.32 Å². The molecule has 0 fully saturated rings. The summed E-state index contributed by atoms with van der Waals surface area (Å²) in [4.78, 5) is 21.3. The number of hydrogen-bond donors (Lipinski definition) is 2. The summed E-state index contributed by atoms with van der Waals surface area (Å²) < 4.78 is 1.96. The zero-order valence-electron chi connectivity index (χ0n) is 7.05. The summed E-state index contributed by atoms with van der Waals surface area (Å²) >= 11 is 9.67. The first-order valence-corrected chi connectivity index (χ1v) is 5.98. The van der Waals surface area contributed by atoms with Gasteiger partial charge in [0.2, 0.25) is 0 Å². The summed E-state index contributed by atoms with van der Waals surface area (Å²) in [5.74, 6) is -2.62. The fourth-order valence-corrected chi connectivity index (χ4v) is 3.29. The molecule has 1 aromatic rings. The summed E-state index contributed by atoms with van der Waals surface area (Å²) in [6.45, 7) is 0. The van der Waals surface area contributed by atoms with Crippen molar-refractivity contribution in [3.05, 3.63) is 25.6 Å². The van der Waals surface area contributed by atoms with Gasteiger partial charge in [-0.05, 0) is 44.0 Å². The molecule has 4 nitrogen and oxygen atoms in total. The molecule has 0 bridgehead atoms. The Morgan fingerprint density at radius 3 is 2.00 bits per heavy atom. The van der Waals surface area contributed by atoms with E-state index in [9.17, 15) is 9.59 Å². The Kier molecular flexibility index (Phi) is 4.30. The Bertz CT molecular complexity index is 410. The topological polar surface area (TPSA) is 66.4 Å². The number of aliphatic carboxylic acids is 1. The van der Waals surface area contributed by atoms with Crippen LogP contribution in [0.4, 0.5) is 5.69 Å². The Labute approximate surface area is 110 Å². The third kappa shape index (κ3) is 3.29. The maximum Gasteiger partial charge on any atom is 0.394 e. The molecule has 0 saturated carbocycles. The molecule has 7 heteroatoms. The van der Waals surface area contributed by atoms with Gasteiger partial charge in [0.15, 0.2) is 0 Å². The predicted octanol–water partition coefficient (Wildman–Crippen LogP) is 3.00. The van der Waals surface area contributed by atoms with Gasteiger partial charge in [-0.15, -0.1) is 0 Å². The molecule has 0 unspecified atom stereocenters. The minimum atomic E-state index is -1.53. The molecule has 0 aliphatic rings. The van der Waals surface area contributed by atoms with Crippen molar-refractivity contribution in [1.29, 1.82) is 0 Å². The van der Waals surface area contributed by atoms with Crippen LogP contribution >= 0.6 is 47.8 Å². The van der Waals surface area contributed by atoms with Crippen molar-refractivity contribution in [3.8, 4) is 0 Å². The van der Waals surface area contributed by atoms with E-state index in [1.54, 1.807) is 12.1 Å². The number of anilines is 1.